The molecule has 0 aliphatic heterocycles. The van der Waals surface area contributed by atoms with Crippen LogP contribution in [0.5, 0.6) is 5.88 Å². The number of carbonyl (C=O) groups is 1. The first-order chi connectivity index (χ1) is 18.1. The summed E-state index contributed by atoms with van der Waals surface area (Å²) in [6.07, 6.45) is 2.90. The van der Waals surface area contributed by atoms with E-state index in [1.165, 1.54) is 55.5 Å². The monoisotopic (exact) mass is 575 g/mol. The average Bonchev–Trinajstić information content (AvgIpc) is 2.89. The summed E-state index contributed by atoms with van der Waals surface area (Å²) < 4.78 is 35.3. The van der Waals surface area contributed by atoms with Gasteiger partial charge in [0.15, 0.2) is 0 Å². The highest BCUT2D eigenvalue weighted by Gasteiger charge is 2.24. The Hall–Kier alpha value is -3.67. The Kier molecular flexibility index (Phi) is 7.91. The first-order valence-electron chi connectivity index (χ1n) is 11.3. The van der Waals surface area contributed by atoms with E-state index in [1.54, 1.807) is 25.1 Å². The van der Waals surface area contributed by atoms with Crippen LogP contribution in [-0.4, -0.2) is 43.0 Å². The van der Waals surface area contributed by atoms with Crippen molar-refractivity contribution in [1.29, 1.82) is 0 Å². The van der Waals surface area contributed by atoms with Crippen LogP contribution >= 0.6 is 23.2 Å². The van der Waals surface area contributed by atoms with Gasteiger partial charge in [0.05, 0.1) is 40.3 Å². The fourth-order valence-corrected chi connectivity index (χ4v) is 6.07. The minimum absolute atomic E-state index is 0.0218. The third kappa shape index (κ3) is 5.45. The van der Waals surface area contributed by atoms with Crippen LogP contribution in [0.15, 0.2) is 64.7 Å². The Balaban J connectivity index is 1.75. The van der Waals surface area contributed by atoms with Gasteiger partial charge in [-0.1, -0.05) is 42.3 Å². The standard InChI is InChI=1S/C25H23Cl2N5O5S/c1-14(23(33)28-2)12-32-13-30-20-8-7-15(9-17(20)25(32)34)16-10-21(24(37-3)29-11-16)31-38(35,36)22-18(26)5-4-6-19(22)27/h4-11,13-14,31H,12H2,1-3H3,(H,28,33)/t14-/m0/s1. The fourth-order valence-electron chi connectivity index (χ4n) is 3.87. The molecule has 0 spiro atoms. The number of nitrogens with one attached hydrogen (secondary N) is 2. The maximum Gasteiger partial charge on any atom is 0.265 e. The number of fused-ring (bicyclic) bond motifs is 1. The van der Waals surface area contributed by atoms with Gasteiger partial charge in [-0.3, -0.25) is 18.9 Å². The van der Waals surface area contributed by atoms with Gasteiger partial charge in [-0.2, -0.15) is 0 Å². The van der Waals surface area contributed by atoms with Crippen LogP contribution in [0.2, 0.25) is 10.0 Å². The van der Waals surface area contributed by atoms with Crippen molar-refractivity contribution in [3.8, 4) is 17.0 Å². The lowest BCUT2D eigenvalue weighted by atomic mass is 10.0. The molecular weight excluding hydrogens is 553 g/mol. The number of anilines is 1. The summed E-state index contributed by atoms with van der Waals surface area (Å²) in [5.74, 6) is -0.607. The van der Waals surface area contributed by atoms with Gasteiger partial charge in [0.2, 0.25) is 11.8 Å². The minimum atomic E-state index is -4.20. The number of nitrogens with zero attached hydrogens (tertiary/aromatic N) is 3. The molecule has 4 rings (SSSR count). The minimum Gasteiger partial charge on any atom is -0.480 e. The quantitative estimate of drug-likeness (QED) is 0.325. The number of hydrogen-bond donors (Lipinski definition) is 2. The van der Waals surface area contributed by atoms with E-state index in [9.17, 15) is 18.0 Å². The number of aromatic nitrogens is 3. The molecule has 2 aromatic carbocycles. The maximum atomic E-state index is 13.2. The molecule has 0 aliphatic rings. The van der Waals surface area contributed by atoms with Crippen molar-refractivity contribution in [2.75, 3.05) is 18.9 Å². The van der Waals surface area contributed by atoms with Crippen LogP contribution in [0.4, 0.5) is 5.69 Å². The second-order valence-electron chi connectivity index (χ2n) is 8.39. The maximum absolute atomic E-state index is 13.2. The van der Waals surface area contributed by atoms with Crippen molar-refractivity contribution in [1.82, 2.24) is 19.9 Å². The number of sulfonamides is 1. The van der Waals surface area contributed by atoms with Gasteiger partial charge in [0.25, 0.3) is 15.6 Å². The largest absolute Gasteiger partial charge is 0.480 e. The van der Waals surface area contributed by atoms with Gasteiger partial charge in [-0.15, -0.1) is 0 Å². The zero-order valence-corrected chi connectivity index (χ0v) is 22.9. The van der Waals surface area contributed by atoms with Crippen molar-refractivity contribution < 1.29 is 17.9 Å². The molecule has 0 unspecified atom stereocenters. The number of hydrogen-bond acceptors (Lipinski definition) is 7. The molecule has 0 saturated carbocycles. The summed E-state index contributed by atoms with van der Waals surface area (Å²) in [5.41, 5.74) is 1.29. The van der Waals surface area contributed by atoms with Crippen LogP contribution < -0.4 is 20.3 Å². The zero-order valence-electron chi connectivity index (χ0n) is 20.5. The fraction of sp³-hybridized carbons (Fsp3) is 0.200. The highest BCUT2D eigenvalue weighted by molar-refractivity contribution is 7.93. The van der Waals surface area contributed by atoms with E-state index in [2.05, 4.69) is 20.0 Å². The summed E-state index contributed by atoms with van der Waals surface area (Å²) in [5, 5.41) is 2.80. The van der Waals surface area contributed by atoms with Gasteiger partial charge >= 0.3 is 0 Å². The number of amides is 1. The first kappa shape index (κ1) is 27.4. The molecule has 1 atom stereocenters. The molecule has 13 heteroatoms. The van der Waals surface area contributed by atoms with Crippen LogP contribution in [0.1, 0.15) is 6.92 Å². The number of halogens is 2. The molecule has 2 aromatic heterocycles. The number of methoxy groups -OCH3 is 1. The van der Waals surface area contributed by atoms with E-state index in [1.807, 2.05) is 0 Å². The Morgan fingerprint density at radius 3 is 2.47 bits per heavy atom. The third-order valence-corrected chi connectivity index (χ3v) is 8.12. The van der Waals surface area contributed by atoms with E-state index in [0.29, 0.717) is 22.0 Å². The molecule has 1 amide bonds. The van der Waals surface area contributed by atoms with E-state index in [4.69, 9.17) is 27.9 Å². The Labute approximate surface area is 228 Å². The van der Waals surface area contributed by atoms with Crippen molar-refractivity contribution >= 4 is 55.7 Å². The summed E-state index contributed by atoms with van der Waals surface area (Å²) in [7, 11) is -1.32. The summed E-state index contributed by atoms with van der Waals surface area (Å²) in [4.78, 5) is 33.4. The highest BCUT2D eigenvalue weighted by Crippen LogP contribution is 2.34. The van der Waals surface area contributed by atoms with Crippen LogP contribution in [0.25, 0.3) is 22.0 Å². The molecule has 0 aliphatic carbocycles. The van der Waals surface area contributed by atoms with Gasteiger partial charge in [0.1, 0.15) is 10.6 Å². The molecule has 2 N–H and O–H groups in total. The number of pyridine rings is 1. The molecule has 0 saturated heterocycles. The Morgan fingerprint density at radius 2 is 1.82 bits per heavy atom. The molecule has 0 bridgehead atoms. The molecule has 2 heterocycles. The smallest absolute Gasteiger partial charge is 0.265 e. The predicted octanol–water partition coefficient (Wildman–Crippen LogP) is 3.96. The van der Waals surface area contributed by atoms with Gasteiger partial charge in [-0.05, 0) is 35.9 Å². The molecule has 10 nitrogen and oxygen atoms in total. The van der Waals surface area contributed by atoms with Crippen molar-refractivity contribution in [2.45, 2.75) is 18.4 Å². The van der Waals surface area contributed by atoms with Crippen molar-refractivity contribution in [3.63, 3.8) is 0 Å². The summed E-state index contributed by atoms with van der Waals surface area (Å²) >= 11 is 12.2. The number of carbonyl (C=O) groups excluding carboxylic acids is 1. The second kappa shape index (κ2) is 11.0. The number of ether oxygens (including phenoxy) is 1. The van der Waals surface area contributed by atoms with Gasteiger partial charge in [-0.25, -0.2) is 18.4 Å². The van der Waals surface area contributed by atoms with E-state index < -0.39 is 15.9 Å². The predicted molar refractivity (Wildman–Crippen MR) is 146 cm³/mol. The number of benzene rings is 2. The molecule has 0 fully saturated rings. The van der Waals surface area contributed by atoms with Crippen molar-refractivity contribution in [3.05, 3.63) is 75.4 Å². The zero-order chi connectivity index (χ0) is 27.6. The topological polar surface area (TPSA) is 132 Å². The third-order valence-electron chi connectivity index (χ3n) is 5.80. The van der Waals surface area contributed by atoms with Crippen molar-refractivity contribution in [2.24, 2.45) is 5.92 Å². The molecule has 38 heavy (non-hydrogen) atoms. The van der Waals surface area contributed by atoms with Gasteiger partial charge in [0, 0.05) is 25.4 Å². The normalized spacial score (nSPS) is 12.2. The second-order valence-corrected chi connectivity index (χ2v) is 10.8. The van der Waals surface area contributed by atoms with E-state index in [-0.39, 0.29) is 44.5 Å². The molecule has 198 valence electrons. The Morgan fingerprint density at radius 1 is 1.11 bits per heavy atom. The van der Waals surface area contributed by atoms with Crippen LogP contribution in [0.3, 0.4) is 0 Å². The molecular formula is C25H23Cl2N5O5S. The van der Waals surface area contributed by atoms with E-state index in [0.717, 1.165) is 0 Å². The molecule has 0 radical (unpaired) electrons. The number of rotatable bonds is 8. The van der Waals surface area contributed by atoms with E-state index >= 15 is 0 Å². The summed E-state index contributed by atoms with van der Waals surface area (Å²) in [6, 6.07) is 10.9. The highest BCUT2D eigenvalue weighted by atomic mass is 35.5. The lowest BCUT2D eigenvalue weighted by Gasteiger charge is -2.15. The molecule has 4 aromatic rings. The first-order valence-corrected chi connectivity index (χ1v) is 13.5. The summed E-state index contributed by atoms with van der Waals surface area (Å²) in [6.45, 7) is 1.87. The van der Waals surface area contributed by atoms with Crippen LogP contribution in [0, 0.1) is 5.92 Å². The lowest BCUT2D eigenvalue weighted by molar-refractivity contribution is -0.124. The lowest BCUT2D eigenvalue weighted by Crippen LogP contribution is -2.32. The van der Waals surface area contributed by atoms with Gasteiger partial charge < -0.3 is 10.1 Å². The Bertz CT molecular complexity index is 1690. The average molecular weight is 576 g/mol. The van der Waals surface area contributed by atoms with Crippen LogP contribution in [-0.2, 0) is 21.4 Å². The SMILES string of the molecule is CNC(=O)[C@@H](C)Cn1cnc2ccc(-c3cnc(OC)c(NS(=O)(=O)c4c(Cl)cccc4Cl)c3)cc2c1=O.